The Hall–Kier alpha value is -4.16. The largest absolute Gasteiger partial charge is 0.494 e. The molecule has 0 unspecified atom stereocenters. The molecule has 0 bridgehead atoms. The van der Waals surface area contributed by atoms with E-state index in [9.17, 15) is 19.2 Å². The zero-order valence-corrected chi connectivity index (χ0v) is 26.8. The van der Waals surface area contributed by atoms with E-state index >= 15 is 0 Å². The fraction of sp³-hybridized carbons (Fsp3) is 0.600. The van der Waals surface area contributed by atoms with Gasteiger partial charge in [-0.15, -0.1) is 0 Å². The number of methoxy groups -OCH3 is 1. The number of carbonyl (C=O) groups is 4. The van der Waals surface area contributed by atoms with Crippen molar-refractivity contribution in [3.8, 4) is 5.75 Å². The van der Waals surface area contributed by atoms with Gasteiger partial charge in [-0.05, 0) is 52.0 Å². The number of ether oxygens (including phenoxy) is 2. The zero-order chi connectivity index (χ0) is 32.3. The van der Waals surface area contributed by atoms with Crippen LogP contribution >= 0.6 is 0 Å². The third kappa shape index (κ3) is 7.82. The summed E-state index contributed by atoms with van der Waals surface area (Å²) in [5.41, 5.74) is -0.352. The van der Waals surface area contributed by atoms with E-state index in [-0.39, 0.29) is 11.8 Å². The van der Waals surface area contributed by atoms with Gasteiger partial charge in [0.2, 0.25) is 17.7 Å². The van der Waals surface area contributed by atoms with Crippen LogP contribution in [0.25, 0.3) is 10.9 Å². The number of hydrogen-bond acceptors (Lipinski definition) is 9. The fourth-order valence-corrected chi connectivity index (χ4v) is 4.81. The first-order valence-electron chi connectivity index (χ1n) is 14.4. The highest BCUT2D eigenvalue weighted by Gasteiger charge is 2.43. The van der Waals surface area contributed by atoms with Crippen molar-refractivity contribution in [2.75, 3.05) is 38.4 Å². The maximum Gasteiger partial charge on any atom is 0.410 e. The molecular weight excluding hydrogens is 554 g/mol. The van der Waals surface area contributed by atoms with Gasteiger partial charge in [0.15, 0.2) is 0 Å². The summed E-state index contributed by atoms with van der Waals surface area (Å²) in [4.78, 5) is 64.6. The summed E-state index contributed by atoms with van der Waals surface area (Å²) < 4.78 is 10.9. The first-order chi connectivity index (χ1) is 20.0. The molecular formula is C30H45N7O6. The first-order valence-corrected chi connectivity index (χ1v) is 14.4. The van der Waals surface area contributed by atoms with Crippen LogP contribution in [-0.2, 0) is 19.1 Å². The maximum atomic E-state index is 14.0. The van der Waals surface area contributed by atoms with Crippen LogP contribution in [0.3, 0.4) is 0 Å². The number of amides is 4. The van der Waals surface area contributed by atoms with Crippen molar-refractivity contribution in [2.45, 2.75) is 85.0 Å². The Labute approximate surface area is 253 Å². The van der Waals surface area contributed by atoms with Crippen LogP contribution in [0.1, 0.15) is 61.3 Å². The summed E-state index contributed by atoms with van der Waals surface area (Å²) >= 11 is 0. The van der Waals surface area contributed by atoms with Gasteiger partial charge in [0.25, 0.3) is 0 Å². The second-order valence-electron chi connectivity index (χ2n) is 12.8. The van der Waals surface area contributed by atoms with Crippen molar-refractivity contribution in [2.24, 2.45) is 5.41 Å². The molecule has 43 heavy (non-hydrogen) atoms. The van der Waals surface area contributed by atoms with Crippen LogP contribution in [-0.4, -0.2) is 95.1 Å². The minimum absolute atomic E-state index is 0.360. The summed E-state index contributed by atoms with van der Waals surface area (Å²) in [5.74, 6) is -0.243. The molecule has 1 aromatic carbocycles. The number of nitrogens with zero attached hydrogens (tertiary/aromatic N) is 4. The standard InChI is InChI=1S/C30H45N7O6/c1-17(36(9)28(41)43-30(5,6)7)25(38)35-23(29(2,3)4)27(40)37-13-11-12-21(37)26(39)34-20-14-18-19(15-22(20)42-10)32-16-33-24(18)31-8/h14-17,21,23H,11-13H2,1-10H3,(H,34,39)(H,35,38)(H,31,32,33)/t17-,21-,23+/m0/s1. The van der Waals surface area contributed by atoms with E-state index in [1.54, 1.807) is 46.9 Å². The molecule has 4 amide bonds. The third-order valence-electron chi connectivity index (χ3n) is 7.33. The van der Waals surface area contributed by atoms with E-state index in [1.165, 1.54) is 30.3 Å². The number of carbonyl (C=O) groups excluding carboxylic acids is 4. The number of anilines is 2. The van der Waals surface area contributed by atoms with E-state index in [0.29, 0.717) is 47.5 Å². The summed E-state index contributed by atoms with van der Waals surface area (Å²) in [5, 5.41) is 9.48. The molecule has 13 heteroatoms. The number of hydrogen-bond donors (Lipinski definition) is 3. The molecule has 2 aromatic rings. The lowest BCUT2D eigenvalue weighted by molar-refractivity contribution is -0.143. The van der Waals surface area contributed by atoms with Crippen LogP contribution in [0.15, 0.2) is 18.5 Å². The Morgan fingerprint density at radius 2 is 1.77 bits per heavy atom. The van der Waals surface area contributed by atoms with Crippen LogP contribution in [0, 0.1) is 5.41 Å². The quantitative estimate of drug-likeness (QED) is 0.414. The summed E-state index contributed by atoms with van der Waals surface area (Å²) in [6, 6.07) is 0.837. The molecule has 1 fully saturated rings. The Morgan fingerprint density at radius 3 is 2.35 bits per heavy atom. The molecule has 1 aromatic heterocycles. The monoisotopic (exact) mass is 599 g/mol. The molecule has 3 N–H and O–H groups in total. The van der Waals surface area contributed by atoms with Crippen LogP contribution in [0.4, 0.5) is 16.3 Å². The van der Waals surface area contributed by atoms with E-state index < -0.39 is 41.1 Å². The van der Waals surface area contributed by atoms with Crippen LogP contribution in [0.2, 0.25) is 0 Å². The number of nitrogens with one attached hydrogen (secondary N) is 3. The molecule has 1 aliphatic heterocycles. The minimum atomic E-state index is -0.951. The molecule has 0 saturated carbocycles. The van der Waals surface area contributed by atoms with E-state index in [1.807, 2.05) is 20.8 Å². The van der Waals surface area contributed by atoms with E-state index in [0.717, 1.165) is 0 Å². The Bertz CT molecular complexity index is 1370. The fourth-order valence-electron chi connectivity index (χ4n) is 4.81. The van der Waals surface area contributed by atoms with Crippen molar-refractivity contribution in [1.82, 2.24) is 25.1 Å². The molecule has 3 atom stereocenters. The summed E-state index contributed by atoms with van der Waals surface area (Å²) in [6.07, 6.45) is 1.87. The molecule has 1 aliphatic rings. The van der Waals surface area contributed by atoms with Crippen molar-refractivity contribution in [3.05, 3.63) is 18.5 Å². The second-order valence-corrected chi connectivity index (χ2v) is 12.8. The maximum absolute atomic E-state index is 14.0. The van der Waals surface area contributed by atoms with Gasteiger partial charge in [-0.25, -0.2) is 14.8 Å². The minimum Gasteiger partial charge on any atom is -0.494 e. The Kier molecular flexibility index (Phi) is 10.1. The van der Waals surface area contributed by atoms with Gasteiger partial charge < -0.3 is 30.3 Å². The predicted molar refractivity (Wildman–Crippen MR) is 164 cm³/mol. The topological polar surface area (TPSA) is 155 Å². The van der Waals surface area contributed by atoms with Gasteiger partial charge in [0.05, 0.1) is 18.3 Å². The van der Waals surface area contributed by atoms with Gasteiger partial charge in [-0.1, -0.05) is 20.8 Å². The first kappa shape index (κ1) is 33.3. The average molecular weight is 600 g/mol. The van der Waals surface area contributed by atoms with E-state index in [4.69, 9.17) is 9.47 Å². The number of aromatic nitrogens is 2. The highest BCUT2D eigenvalue weighted by Crippen LogP contribution is 2.33. The highest BCUT2D eigenvalue weighted by molar-refractivity contribution is 6.03. The smallest absolute Gasteiger partial charge is 0.410 e. The number of fused-ring (bicyclic) bond motifs is 1. The Balaban J connectivity index is 1.81. The van der Waals surface area contributed by atoms with Crippen molar-refractivity contribution < 1.29 is 28.7 Å². The molecule has 0 radical (unpaired) electrons. The van der Waals surface area contributed by atoms with Crippen LogP contribution in [0.5, 0.6) is 5.75 Å². The van der Waals surface area contributed by atoms with Crippen LogP contribution < -0.4 is 20.7 Å². The van der Waals surface area contributed by atoms with Gasteiger partial charge in [-0.3, -0.25) is 19.3 Å². The lowest BCUT2D eigenvalue weighted by atomic mass is 9.85. The highest BCUT2D eigenvalue weighted by atomic mass is 16.6. The summed E-state index contributed by atoms with van der Waals surface area (Å²) in [6.45, 7) is 12.7. The lowest BCUT2D eigenvalue weighted by Crippen LogP contribution is -2.59. The number of benzene rings is 1. The summed E-state index contributed by atoms with van der Waals surface area (Å²) in [7, 11) is 4.72. The number of likely N-dealkylation sites (N-methyl/N-ethyl adjacent to an activating group) is 1. The zero-order valence-electron chi connectivity index (χ0n) is 26.8. The van der Waals surface area contributed by atoms with Crippen molar-refractivity contribution in [1.29, 1.82) is 0 Å². The molecule has 236 valence electrons. The number of rotatable bonds is 8. The molecule has 3 rings (SSSR count). The molecule has 2 heterocycles. The van der Waals surface area contributed by atoms with Gasteiger partial charge in [0.1, 0.15) is 41.6 Å². The Morgan fingerprint density at radius 1 is 1.09 bits per heavy atom. The molecule has 1 saturated heterocycles. The van der Waals surface area contributed by atoms with E-state index in [2.05, 4.69) is 25.9 Å². The second kappa shape index (κ2) is 13.0. The van der Waals surface area contributed by atoms with Crippen molar-refractivity contribution in [3.63, 3.8) is 0 Å². The van der Waals surface area contributed by atoms with Gasteiger partial charge in [-0.2, -0.15) is 0 Å². The molecule has 0 spiro atoms. The van der Waals surface area contributed by atoms with Crippen molar-refractivity contribution >= 4 is 46.2 Å². The predicted octanol–water partition coefficient (Wildman–Crippen LogP) is 3.40. The lowest BCUT2D eigenvalue weighted by Gasteiger charge is -2.36. The normalized spacial score (nSPS) is 16.7. The number of likely N-dealkylation sites (tertiary alicyclic amines) is 1. The van der Waals surface area contributed by atoms with Gasteiger partial charge in [0, 0.05) is 32.1 Å². The third-order valence-corrected chi connectivity index (χ3v) is 7.33. The SMILES string of the molecule is CNc1ncnc2cc(OC)c(NC(=O)[C@@H]3CCCN3C(=O)[C@@H](NC(=O)[C@H](C)N(C)C(=O)OC(C)(C)C)C(C)(C)C)cc12. The van der Waals surface area contributed by atoms with Gasteiger partial charge >= 0.3 is 6.09 Å². The molecule has 0 aliphatic carbocycles. The average Bonchev–Trinajstić information content (AvgIpc) is 3.42. The molecule has 13 nitrogen and oxygen atoms in total.